The first-order valence-corrected chi connectivity index (χ1v) is 11.7. The molecule has 2 heterocycles. The van der Waals surface area contributed by atoms with Crippen molar-refractivity contribution in [3.8, 4) is 11.5 Å². The van der Waals surface area contributed by atoms with Crippen LogP contribution >= 0.6 is 23.1 Å². The maximum absolute atomic E-state index is 12.8. The van der Waals surface area contributed by atoms with Gasteiger partial charge in [0.1, 0.15) is 0 Å². The van der Waals surface area contributed by atoms with Crippen molar-refractivity contribution >= 4 is 29.0 Å². The third-order valence-electron chi connectivity index (χ3n) is 4.96. The predicted octanol–water partition coefficient (Wildman–Crippen LogP) is 5.38. The molecule has 0 saturated heterocycles. The van der Waals surface area contributed by atoms with E-state index in [1.54, 1.807) is 11.3 Å². The fraction of sp³-hybridized carbons (Fsp3) is 0.409. The molecule has 5 nitrogen and oxygen atoms in total. The van der Waals surface area contributed by atoms with Crippen LogP contribution in [0.3, 0.4) is 0 Å². The highest BCUT2D eigenvalue weighted by Gasteiger charge is 2.32. The SMILES string of the molecule is CC(C)(C)c1ccc(-c2nnc(SCC(=O)N(Cc3ccsc3)C3CC3)o2)cc1. The Bertz CT molecular complexity index is 955. The maximum Gasteiger partial charge on any atom is 0.277 e. The van der Waals surface area contributed by atoms with Gasteiger partial charge in [-0.2, -0.15) is 11.3 Å². The minimum Gasteiger partial charge on any atom is -0.411 e. The molecule has 0 spiro atoms. The van der Waals surface area contributed by atoms with Crippen molar-refractivity contribution in [2.45, 2.75) is 56.8 Å². The Balaban J connectivity index is 1.37. The van der Waals surface area contributed by atoms with Crippen LogP contribution in [0.1, 0.15) is 44.7 Å². The Morgan fingerprint density at radius 2 is 1.97 bits per heavy atom. The molecule has 1 aliphatic rings. The summed E-state index contributed by atoms with van der Waals surface area (Å²) in [6.45, 7) is 7.24. The number of carbonyl (C=O) groups is 1. The fourth-order valence-corrected chi connectivity index (χ4v) is 4.40. The van der Waals surface area contributed by atoms with E-state index in [4.69, 9.17) is 4.42 Å². The molecule has 0 bridgehead atoms. The quantitative estimate of drug-likeness (QED) is 0.474. The molecule has 2 aromatic heterocycles. The van der Waals surface area contributed by atoms with Crippen LogP contribution in [0.2, 0.25) is 0 Å². The number of benzene rings is 1. The molecule has 3 aromatic rings. The van der Waals surface area contributed by atoms with Crippen LogP contribution in [0, 0.1) is 0 Å². The maximum atomic E-state index is 12.8. The Morgan fingerprint density at radius 3 is 2.59 bits per heavy atom. The van der Waals surface area contributed by atoms with Gasteiger partial charge in [0.15, 0.2) is 0 Å². The summed E-state index contributed by atoms with van der Waals surface area (Å²) in [5, 5.41) is 12.8. The lowest BCUT2D eigenvalue weighted by molar-refractivity contribution is -0.129. The number of amides is 1. The molecule has 0 atom stereocenters. The summed E-state index contributed by atoms with van der Waals surface area (Å²) in [5.41, 5.74) is 3.44. The zero-order valence-electron chi connectivity index (χ0n) is 16.9. The molecule has 29 heavy (non-hydrogen) atoms. The van der Waals surface area contributed by atoms with E-state index in [0.717, 1.165) is 18.4 Å². The van der Waals surface area contributed by atoms with E-state index in [2.05, 4.69) is 54.5 Å². The van der Waals surface area contributed by atoms with E-state index >= 15 is 0 Å². The van der Waals surface area contributed by atoms with Gasteiger partial charge in [0.25, 0.3) is 5.22 Å². The van der Waals surface area contributed by atoms with Crippen molar-refractivity contribution in [3.63, 3.8) is 0 Å². The van der Waals surface area contributed by atoms with Crippen LogP contribution in [0.25, 0.3) is 11.5 Å². The second kappa shape index (κ2) is 8.32. The molecule has 152 valence electrons. The number of hydrogen-bond acceptors (Lipinski definition) is 6. The van der Waals surface area contributed by atoms with Crippen molar-refractivity contribution in [1.82, 2.24) is 15.1 Å². The summed E-state index contributed by atoms with van der Waals surface area (Å²) in [4.78, 5) is 14.7. The van der Waals surface area contributed by atoms with Gasteiger partial charge in [-0.3, -0.25) is 4.79 Å². The van der Waals surface area contributed by atoms with Crippen molar-refractivity contribution in [2.24, 2.45) is 0 Å². The summed E-state index contributed by atoms with van der Waals surface area (Å²) in [6, 6.07) is 10.6. The van der Waals surface area contributed by atoms with Crippen molar-refractivity contribution in [3.05, 3.63) is 52.2 Å². The molecule has 1 aliphatic carbocycles. The minimum atomic E-state index is 0.102. The molecule has 0 N–H and O–H groups in total. The van der Waals surface area contributed by atoms with E-state index in [1.807, 2.05) is 22.4 Å². The normalized spacial score (nSPS) is 14.2. The van der Waals surface area contributed by atoms with Crippen LogP contribution < -0.4 is 0 Å². The molecular formula is C22H25N3O2S2. The molecule has 4 rings (SSSR count). The molecule has 1 aromatic carbocycles. The first-order chi connectivity index (χ1) is 13.9. The van der Waals surface area contributed by atoms with Gasteiger partial charge >= 0.3 is 0 Å². The Morgan fingerprint density at radius 1 is 1.21 bits per heavy atom. The molecule has 7 heteroatoms. The lowest BCUT2D eigenvalue weighted by Gasteiger charge is -2.21. The molecular weight excluding hydrogens is 402 g/mol. The molecule has 0 radical (unpaired) electrons. The monoisotopic (exact) mass is 427 g/mol. The minimum absolute atomic E-state index is 0.102. The number of carbonyl (C=O) groups excluding carboxylic acids is 1. The van der Waals surface area contributed by atoms with Crippen LogP contribution in [0.15, 0.2) is 50.7 Å². The number of thiophene rings is 1. The molecule has 0 aliphatic heterocycles. The third kappa shape index (κ3) is 5.08. The summed E-state index contributed by atoms with van der Waals surface area (Å²) in [7, 11) is 0. The highest BCUT2D eigenvalue weighted by molar-refractivity contribution is 7.99. The largest absolute Gasteiger partial charge is 0.411 e. The first kappa shape index (κ1) is 20.2. The summed E-state index contributed by atoms with van der Waals surface area (Å²) < 4.78 is 5.78. The van der Waals surface area contributed by atoms with E-state index in [-0.39, 0.29) is 11.3 Å². The Labute approximate surface area is 179 Å². The van der Waals surface area contributed by atoms with E-state index in [0.29, 0.717) is 29.5 Å². The summed E-state index contributed by atoms with van der Waals surface area (Å²) in [6.07, 6.45) is 2.19. The lowest BCUT2D eigenvalue weighted by atomic mass is 9.87. The second-order valence-corrected chi connectivity index (χ2v) is 10.1. The predicted molar refractivity (Wildman–Crippen MR) is 117 cm³/mol. The highest BCUT2D eigenvalue weighted by Crippen LogP contribution is 2.31. The van der Waals surface area contributed by atoms with E-state index < -0.39 is 0 Å². The van der Waals surface area contributed by atoms with Gasteiger partial charge in [-0.25, -0.2) is 0 Å². The van der Waals surface area contributed by atoms with Gasteiger partial charge < -0.3 is 9.32 Å². The van der Waals surface area contributed by atoms with Crippen LogP contribution in [-0.4, -0.2) is 32.8 Å². The van der Waals surface area contributed by atoms with Gasteiger partial charge in [-0.1, -0.05) is 44.7 Å². The van der Waals surface area contributed by atoms with Crippen LogP contribution in [-0.2, 0) is 16.8 Å². The van der Waals surface area contributed by atoms with E-state index in [9.17, 15) is 4.79 Å². The second-order valence-electron chi connectivity index (χ2n) is 8.37. The standard InChI is InChI=1S/C22H25N3O2S2/c1-22(2,3)17-6-4-16(5-7-17)20-23-24-21(27-20)29-14-19(26)25(18-8-9-18)12-15-10-11-28-13-15/h4-7,10-11,13,18H,8-9,12,14H2,1-3H3. The molecule has 1 fully saturated rings. The average molecular weight is 428 g/mol. The Kier molecular flexibility index (Phi) is 5.79. The first-order valence-electron chi connectivity index (χ1n) is 9.78. The van der Waals surface area contributed by atoms with Crippen molar-refractivity contribution in [1.29, 1.82) is 0 Å². The number of nitrogens with zero attached hydrogens (tertiary/aromatic N) is 3. The number of aromatic nitrogens is 2. The van der Waals surface area contributed by atoms with Crippen molar-refractivity contribution < 1.29 is 9.21 Å². The number of hydrogen-bond donors (Lipinski definition) is 0. The van der Waals surface area contributed by atoms with Crippen molar-refractivity contribution in [2.75, 3.05) is 5.75 Å². The summed E-state index contributed by atoms with van der Waals surface area (Å²) in [5.74, 6) is 0.918. The Hall–Kier alpha value is -2.12. The lowest BCUT2D eigenvalue weighted by Crippen LogP contribution is -2.33. The van der Waals surface area contributed by atoms with Crippen LogP contribution in [0.5, 0.6) is 0 Å². The fourth-order valence-electron chi connectivity index (χ4n) is 3.09. The zero-order valence-corrected chi connectivity index (χ0v) is 18.6. The summed E-state index contributed by atoms with van der Waals surface area (Å²) >= 11 is 2.97. The molecule has 1 saturated carbocycles. The molecule has 1 amide bonds. The third-order valence-corrected chi connectivity index (χ3v) is 6.50. The van der Waals surface area contributed by atoms with Gasteiger partial charge in [-0.05, 0) is 58.3 Å². The zero-order chi connectivity index (χ0) is 20.4. The highest BCUT2D eigenvalue weighted by atomic mass is 32.2. The number of rotatable bonds is 7. The smallest absolute Gasteiger partial charge is 0.277 e. The average Bonchev–Trinajstić information content (AvgIpc) is 3.20. The van der Waals surface area contributed by atoms with Gasteiger partial charge in [-0.15, -0.1) is 10.2 Å². The van der Waals surface area contributed by atoms with Gasteiger partial charge in [0.2, 0.25) is 11.8 Å². The topological polar surface area (TPSA) is 59.2 Å². The van der Waals surface area contributed by atoms with Crippen LogP contribution in [0.4, 0.5) is 0 Å². The number of thioether (sulfide) groups is 1. The van der Waals surface area contributed by atoms with Gasteiger partial charge in [0.05, 0.1) is 5.75 Å². The van der Waals surface area contributed by atoms with Gasteiger partial charge in [0, 0.05) is 18.2 Å². The van der Waals surface area contributed by atoms with E-state index in [1.165, 1.54) is 22.9 Å². The molecule has 0 unspecified atom stereocenters.